The van der Waals surface area contributed by atoms with Crippen LogP contribution in [0.1, 0.15) is 32.3 Å². The van der Waals surface area contributed by atoms with Gasteiger partial charge in [-0.1, -0.05) is 13.0 Å². The summed E-state index contributed by atoms with van der Waals surface area (Å²) in [5.41, 5.74) is 1.24. The molecule has 0 aliphatic carbocycles. The zero-order valence-electron chi connectivity index (χ0n) is 12.0. The molecule has 0 amide bonds. The van der Waals surface area contributed by atoms with Crippen LogP contribution in [0.5, 0.6) is 0 Å². The van der Waals surface area contributed by atoms with Crippen LogP contribution in [0.3, 0.4) is 0 Å². The van der Waals surface area contributed by atoms with Crippen LogP contribution in [0.25, 0.3) is 0 Å². The Balaban J connectivity index is 1.83. The van der Waals surface area contributed by atoms with E-state index in [9.17, 15) is 5.11 Å². The maximum Gasteiger partial charge on any atom is 0.125 e. The third-order valence-corrected chi connectivity index (χ3v) is 3.78. The van der Waals surface area contributed by atoms with E-state index in [4.69, 9.17) is 0 Å². The van der Waals surface area contributed by atoms with Gasteiger partial charge in [0.15, 0.2) is 0 Å². The molecule has 106 valence electrons. The van der Waals surface area contributed by atoms with E-state index in [0.717, 1.165) is 44.8 Å². The first-order valence-electron chi connectivity index (χ1n) is 7.28. The van der Waals surface area contributed by atoms with Crippen molar-refractivity contribution in [1.82, 2.24) is 9.88 Å². The minimum Gasteiger partial charge on any atom is -0.393 e. The van der Waals surface area contributed by atoms with Crippen molar-refractivity contribution in [2.24, 2.45) is 5.92 Å². The third-order valence-electron chi connectivity index (χ3n) is 3.78. The number of aliphatic hydroxyl groups excluding tert-OH is 1. The van der Waals surface area contributed by atoms with Crippen molar-refractivity contribution in [3.63, 3.8) is 0 Å². The van der Waals surface area contributed by atoms with Crippen LogP contribution in [0.2, 0.25) is 0 Å². The summed E-state index contributed by atoms with van der Waals surface area (Å²) in [5.74, 6) is 1.38. The summed E-state index contributed by atoms with van der Waals surface area (Å²) >= 11 is 0. The van der Waals surface area contributed by atoms with Crippen molar-refractivity contribution >= 4 is 5.82 Å². The highest BCUT2D eigenvalue weighted by molar-refractivity contribution is 5.35. The summed E-state index contributed by atoms with van der Waals surface area (Å²) < 4.78 is 0. The number of aliphatic hydroxyl groups is 1. The number of rotatable bonds is 6. The van der Waals surface area contributed by atoms with Gasteiger partial charge in [0.05, 0.1) is 6.10 Å². The van der Waals surface area contributed by atoms with Gasteiger partial charge in [0.25, 0.3) is 0 Å². The Kier molecular flexibility index (Phi) is 5.16. The quantitative estimate of drug-likeness (QED) is 0.825. The molecule has 1 aromatic heterocycles. The van der Waals surface area contributed by atoms with Gasteiger partial charge in [0.2, 0.25) is 0 Å². The summed E-state index contributed by atoms with van der Waals surface area (Å²) in [5, 5.41) is 12.9. The van der Waals surface area contributed by atoms with Gasteiger partial charge >= 0.3 is 0 Å². The number of nitrogens with zero attached hydrogens (tertiary/aromatic N) is 2. The van der Waals surface area contributed by atoms with E-state index in [-0.39, 0.29) is 6.10 Å². The molecule has 4 heteroatoms. The number of aromatic nitrogens is 1. The topological polar surface area (TPSA) is 48.4 Å². The standard InChI is InChI=1S/C15H25N3O/c1-3-7-16-15-5-4-13(9-17-15)10-18-8-6-14(11-18)12(2)19/h4-5,9,12,14,19H,3,6-8,10-11H2,1-2H3,(H,16,17). The first-order valence-corrected chi connectivity index (χ1v) is 7.28. The Morgan fingerprint density at radius 2 is 2.37 bits per heavy atom. The molecule has 2 atom stereocenters. The molecule has 2 rings (SSSR count). The molecule has 0 aromatic carbocycles. The maximum absolute atomic E-state index is 9.61. The molecular formula is C15H25N3O. The second kappa shape index (κ2) is 6.87. The number of nitrogens with one attached hydrogen (secondary N) is 1. The average Bonchev–Trinajstić information content (AvgIpc) is 2.87. The Morgan fingerprint density at radius 3 is 2.95 bits per heavy atom. The lowest BCUT2D eigenvalue weighted by Crippen LogP contribution is -2.24. The van der Waals surface area contributed by atoms with E-state index in [1.165, 1.54) is 5.56 Å². The molecule has 1 aliphatic rings. The number of hydrogen-bond acceptors (Lipinski definition) is 4. The Bertz CT molecular complexity index is 377. The highest BCUT2D eigenvalue weighted by Gasteiger charge is 2.25. The zero-order chi connectivity index (χ0) is 13.7. The molecule has 19 heavy (non-hydrogen) atoms. The summed E-state index contributed by atoms with van der Waals surface area (Å²) in [6.45, 7) is 8.01. The summed E-state index contributed by atoms with van der Waals surface area (Å²) in [7, 11) is 0. The van der Waals surface area contributed by atoms with E-state index in [0.29, 0.717) is 5.92 Å². The fourth-order valence-corrected chi connectivity index (χ4v) is 2.53. The average molecular weight is 263 g/mol. The van der Waals surface area contributed by atoms with E-state index >= 15 is 0 Å². The zero-order valence-corrected chi connectivity index (χ0v) is 12.0. The molecule has 1 aliphatic heterocycles. The van der Waals surface area contributed by atoms with Crippen molar-refractivity contribution in [3.8, 4) is 0 Å². The highest BCUT2D eigenvalue weighted by Crippen LogP contribution is 2.21. The fourth-order valence-electron chi connectivity index (χ4n) is 2.53. The monoisotopic (exact) mass is 263 g/mol. The Labute approximate surface area is 115 Å². The van der Waals surface area contributed by atoms with Gasteiger partial charge in [0.1, 0.15) is 5.82 Å². The normalized spacial score (nSPS) is 21.5. The lowest BCUT2D eigenvalue weighted by Gasteiger charge is -2.17. The van der Waals surface area contributed by atoms with Crippen LogP contribution in [-0.4, -0.2) is 40.7 Å². The van der Waals surface area contributed by atoms with Crippen molar-refractivity contribution in [2.75, 3.05) is 25.0 Å². The molecule has 1 fully saturated rings. The molecule has 1 aromatic rings. The Hall–Kier alpha value is -1.13. The number of likely N-dealkylation sites (tertiary alicyclic amines) is 1. The lowest BCUT2D eigenvalue weighted by atomic mass is 10.0. The van der Waals surface area contributed by atoms with Gasteiger partial charge < -0.3 is 10.4 Å². The first-order chi connectivity index (χ1) is 9.19. The summed E-state index contributed by atoms with van der Waals surface area (Å²) in [4.78, 5) is 6.82. The molecule has 2 N–H and O–H groups in total. The van der Waals surface area contributed by atoms with Crippen LogP contribution in [0, 0.1) is 5.92 Å². The molecule has 4 nitrogen and oxygen atoms in total. The predicted octanol–water partition coefficient (Wildman–Crippen LogP) is 2.11. The van der Waals surface area contributed by atoms with E-state index in [1.807, 2.05) is 19.2 Å². The molecule has 0 bridgehead atoms. The van der Waals surface area contributed by atoms with Gasteiger partial charge in [-0.15, -0.1) is 0 Å². The predicted molar refractivity (Wildman–Crippen MR) is 78.1 cm³/mol. The molecule has 1 saturated heterocycles. The van der Waals surface area contributed by atoms with Gasteiger partial charge in [-0.3, -0.25) is 4.90 Å². The maximum atomic E-state index is 9.61. The van der Waals surface area contributed by atoms with Crippen molar-refractivity contribution in [3.05, 3.63) is 23.9 Å². The van der Waals surface area contributed by atoms with Crippen molar-refractivity contribution in [1.29, 1.82) is 0 Å². The number of hydrogen-bond donors (Lipinski definition) is 2. The Morgan fingerprint density at radius 1 is 1.53 bits per heavy atom. The second-order valence-electron chi connectivity index (χ2n) is 5.50. The fraction of sp³-hybridized carbons (Fsp3) is 0.667. The van der Waals surface area contributed by atoms with Gasteiger partial charge in [-0.25, -0.2) is 4.98 Å². The molecule has 0 spiro atoms. The molecular weight excluding hydrogens is 238 g/mol. The van der Waals surface area contributed by atoms with E-state index in [2.05, 4.69) is 28.2 Å². The van der Waals surface area contributed by atoms with Gasteiger partial charge in [-0.05, 0) is 43.9 Å². The molecule has 2 heterocycles. The molecule has 0 radical (unpaired) electrons. The van der Waals surface area contributed by atoms with E-state index < -0.39 is 0 Å². The minimum absolute atomic E-state index is 0.191. The van der Waals surface area contributed by atoms with Gasteiger partial charge in [-0.2, -0.15) is 0 Å². The largest absolute Gasteiger partial charge is 0.393 e. The van der Waals surface area contributed by atoms with Crippen molar-refractivity contribution < 1.29 is 5.11 Å². The highest BCUT2D eigenvalue weighted by atomic mass is 16.3. The van der Waals surface area contributed by atoms with Crippen LogP contribution in [0.15, 0.2) is 18.3 Å². The second-order valence-corrected chi connectivity index (χ2v) is 5.50. The van der Waals surface area contributed by atoms with Crippen LogP contribution < -0.4 is 5.32 Å². The van der Waals surface area contributed by atoms with Crippen molar-refractivity contribution in [2.45, 2.75) is 39.3 Å². The summed E-state index contributed by atoms with van der Waals surface area (Å²) in [6, 6.07) is 4.19. The van der Waals surface area contributed by atoms with Crippen LogP contribution in [-0.2, 0) is 6.54 Å². The summed E-state index contributed by atoms with van der Waals surface area (Å²) in [6.07, 6.45) is 3.97. The number of pyridine rings is 1. The minimum atomic E-state index is -0.191. The first kappa shape index (κ1) is 14.3. The third kappa shape index (κ3) is 4.18. The van der Waals surface area contributed by atoms with Crippen LogP contribution >= 0.6 is 0 Å². The lowest BCUT2D eigenvalue weighted by molar-refractivity contribution is 0.127. The molecule has 2 unspecified atom stereocenters. The van der Waals surface area contributed by atoms with Crippen LogP contribution in [0.4, 0.5) is 5.82 Å². The van der Waals surface area contributed by atoms with Gasteiger partial charge in [0, 0.05) is 25.8 Å². The van der Waals surface area contributed by atoms with E-state index in [1.54, 1.807) is 0 Å². The number of anilines is 1. The smallest absolute Gasteiger partial charge is 0.125 e. The SMILES string of the molecule is CCCNc1ccc(CN2CCC(C(C)O)C2)cn1. The molecule has 0 saturated carbocycles.